The second-order valence-corrected chi connectivity index (χ2v) is 2.84. The van der Waals surface area contributed by atoms with E-state index in [0.29, 0.717) is 0 Å². The third-order valence-corrected chi connectivity index (χ3v) is 1.76. The number of amides is 1. The van der Waals surface area contributed by atoms with E-state index in [1.807, 2.05) is 0 Å². The van der Waals surface area contributed by atoms with E-state index in [2.05, 4.69) is 15.3 Å². The normalized spacial score (nSPS) is 12.1. The first-order chi connectivity index (χ1) is 7.15. The summed E-state index contributed by atoms with van der Waals surface area (Å²) in [6, 6.07) is -1.09. The predicted molar refractivity (Wildman–Crippen MR) is 49.2 cm³/mol. The molecule has 0 radical (unpaired) electrons. The first-order valence-corrected chi connectivity index (χ1v) is 4.28. The number of carbonyl (C=O) groups is 2. The van der Waals surface area contributed by atoms with Gasteiger partial charge in [-0.1, -0.05) is 0 Å². The van der Waals surface area contributed by atoms with E-state index < -0.39 is 17.9 Å². The summed E-state index contributed by atoms with van der Waals surface area (Å²) in [6.45, 7) is -0.305. The molecule has 4 N–H and O–H groups in total. The van der Waals surface area contributed by atoms with Crippen LogP contribution in [0, 0.1) is 0 Å². The molecule has 0 saturated heterocycles. The number of imidazole rings is 1. The van der Waals surface area contributed by atoms with Gasteiger partial charge < -0.3 is 20.5 Å². The summed E-state index contributed by atoms with van der Waals surface area (Å²) in [4.78, 5) is 28.2. The molecule has 1 aromatic rings. The Morgan fingerprint density at radius 1 is 1.60 bits per heavy atom. The Bertz CT molecular complexity index is 336. The Labute approximate surface area is 85.1 Å². The molecule has 0 bridgehead atoms. The summed E-state index contributed by atoms with van der Waals surface area (Å²) in [5, 5.41) is 19.5. The third kappa shape index (κ3) is 3.06. The molecule has 1 atom stereocenters. The van der Waals surface area contributed by atoms with Crippen LogP contribution in [0.25, 0.3) is 0 Å². The zero-order valence-corrected chi connectivity index (χ0v) is 7.80. The van der Waals surface area contributed by atoms with Gasteiger partial charge in [0.2, 0.25) is 0 Å². The molecule has 15 heavy (non-hydrogen) atoms. The fraction of sp³-hybridized carbons (Fsp3) is 0.375. The molecule has 1 aromatic heterocycles. The van der Waals surface area contributed by atoms with Crippen LogP contribution in [0.3, 0.4) is 0 Å². The second-order valence-electron chi connectivity index (χ2n) is 2.84. The zero-order chi connectivity index (χ0) is 11.3. The number of nitrogens with zero attached hydrogens (tertiary/aromatic N) is 1. The molecule has 1 rings (SSSR count). The maximum atomic E-state index is 11.4. The van der Waals surface area contributed by atoms with Crippen molar-refractivity contribution in [2.75, 3.05) is 6.61 Å². The highest BCUT2D eigenvalue weighted by Crippen LogP contribution is 1.96. The van der Waals surface area contributed by atoms with Crippen LogP contribution in [-0.2, 0) is 4.79 Å². The third-order valence-electron chi connectivity index (χ3n) is 1.76. The number of aliphatic hydroxyl groups is 1. The first-order valence-electron chi connectivity index (χ1n) is 4.28. The Morgan fingerprint density at radius 2 is 2.33 bits per heavy atom. The van der Waals surface area contributed by atoms with Gasteiger partial charge in [0.15, 0.2) is 0 Å². The van der Waals surface area contributed by atoms with Crippen LogP contribution in [0.15, 0.2) is 12.5 Å². The number of carboxylic acids is 1. The molecule has 0 aromatic carbocycles. The van der Waals surface area contributed by atoms with Crippen LogP contribution in [0.1, 0.15) is 16.9 Å². The molecular weight excluding hydrogens is 202 g/mol. The number of aromatic amines is 1. The lowest BCUT2D eigenvalue weighted by Gasteiger charge is -2.11. The van der Waals surface area contributed by atoms with E-state index in [1.54, 1.807) is 0 Å². The van der Waals surface area contributed by atoms with Gasteiger partial charge in [0, 0.05) is 13.0 Å². The number of nitrogens with one attached hydrogen (secondary N) is 2. The molecule has 0 aliphatic carbocycles. The van der Waals surface area contributed by atoms with Crippen molar-refractivity contribution in [2.45, 2.75) is 12.5 Å². The molecule has 7 heteroatoms. The van der Waals surface area contributed by atoms with E-state index in [4.69, 9.17) is 10.2 Å². The highest BCUT2D eigenvalue weighted by atomic mass is 16.4. The van der Waals surface area contributed by atoms with E-state index in [-0.39, 0.29) is 18.7 Å². The number of hydrogen-bond donors (Lipinski definition) is 4. The van der Waals surface area contributed by atoms with Gasteiger partial charge in [-0.2, -0.15) is 0 Å². The smallest absolute Gasteiger partial charge is 0.326 e. The molecule has 0 unspecified atom stereocenters. The van der Waals surface area contributed by atoms with Crippen LogP contribution in [-0.4, -0.2) is 44.7 Å². The van der Waals surface area contributed by atoms with Gasteiger partial charge >= 0.3 is 5.97 Å². The highest BCUT2D eigenvalue weighted by molar-refractivity contribution is 5.94. The molecule has 0 aliphatic rings. The number of aliphatic carboxylic acids is 1. The van der Waals surface area contributed by atoms with Crippen LogP contribution < -0.4 is 5.32 Å². The van der Waals surface area contributed by atoms with Crippen molar-refractivity contribution in [1.29, 1.82) is 0 Å². The van der Waals surface area contributed by atoms with Crippen molar-refractivity contribution in [2.24, 2.45) is 0 Å². The van der Waals surface area contributed by atoms with Gasteiger partial charge in [-0.05, 0) is 0 Å². The van der Waals surface area contributed by atoms with Gasteiger partial charge in [-0.3, -0.25) is 4.79 Å². The monoisotopic (exact) mass is 213 g/mol. The minimum absolute atomic E-state index is 0.0325. The number of H-pyrrole nitrogens is 1. The number of hydrogen-bond acceptors (Lipinski definition) is 4. The maximum absolute atomic E-state index is 11.4. The summed E-state index contributed by atoms with van der Waals surface area (Å²) < 4.78 is 0. The van der Waals surface area contributed by atoms with Crippen LogP contribution in [0.2, 0.25) is 0 Å². The second kappa shape index (κ2) is 5.11. The predicted octanol–water partition coefficient (Wildman–Crippen LogP) is -1.02. The maximum Gasteiger partial charge on any atom is 0.326 e. The number of aliphatic hydroxyl groups excluding tert-OH is 1. The minimum Gasteiger partial charge on any atom is -0.480 e. The lowest BCUT2D eigenvalue weighted by atomic mass is 10.2. The Morgan fingerprint density at radius 3 is 2.80 bits per heavy atom. The summed E-state index contributed by atoms with van der Waals surface area (Å²) >= 11 is 0. The first kappa shape index (κ1) is 11.2. The van der Waals surface area contributed by atoms with E-state index in [9.17, 15) is 9.59 Å². The molecular formula is C8H11N3O4. The van der Waals surface area contributed by atoms with Crippen LogP contribution in [0.4, 0.5) is 0 Å². The molecule has 1 amide bonds. The highest BCUT2D eigenvalue weighted by Gasteiger charge is 2.20. The van der Waals surface area contributed by atoms with Gasteiger partial charge in [0.05, 0.1) is 12.5 Å². The summed E-state index contributed by atoms with van der Waals surface area (Å²) in [7, 11) is 0. The largest absolute Gasteiger partial charge is 0.480 e. The summed E-state index contributed by atoms with van der Waals surface area (Å²) in [6.07, 6.45) is 2.57. The molecule has 0 saturated carbocycles. The van der Waals surface area contributed by atoms with Gasteiger partial charge in [0.1, 0.15) is 11.7 Å². The molecule has 0 spiro atoms. The molecule has 7 nitrogen and oxygen atoms in total. The van der Waals surface area contributed by atoms with Gasteiger partial charge in [-0.25, -0.2) is 9.78 Å². The van der Waals surface area contributed by atoms with Crippen molar-refractivity contribution < 1.29 is 19.8 Å². The Hall–Kier alpha value is -1.89. The fourth-order valence-corrected chi connectivity index (χ4v) is 1.00. The van der Waals surface area contributed by atoms with Crippen molar-refractivity contribution in [3.8, 4) is 0 Å². The summed E-state index contributed by atoms with van der Waals surface area (Å²) in [5.74, 6) is -1.75. The van der Waals surface area contributed by atoms with Gasteiger partial charge in [0.25, 0.3) is 5.91 Å². The van der Waals surface area contributed by atoms with Crippen molar-refractivity contribution in [1.82, 2.24) is 15.3 Å². The van der Waals surface area contributed by atoms with Crippen molar-refractivity contribution in [3.05, 3.63) is 18.2 Å². The van der Waals surface area contributed by atoms with Crippen molar-refractivity contribution >= 4 is 11.9 Å². The summed E-state index contributed by atoms with van der Waals surface area (Å²) in [5.41, 5.74) is 0.180. The molecule has 0 aliphatic heterocycles. The van der Waals surface area contributed by atoms with Gasteiger partial charge in [-0.15, -0.1) is 0 Å². The average Bonchev–Trinajstić information content (AvgIpc) is 2.69. The standard InChI is InChI=1S/C8H11N3O4/c12-2-1-5(8(14)15)11-7(13)6-3-9-4-10-6/h3-5,12H,1-2H2,(H,9,10)(H,11,13)(H,14,15)/t5-/m0/s1. The fourth-order valence-electron chi connectivity index (χ4n) is 1.00. The van der Waals surface area contributed by atoms with E-state index in [0.717, 1.165) is 0 Å². The number of carboxylic acid groups (broad SMARTS) is 1. The SMILES string of the molecule is O=C(N[C@@H](CCO)C(=O)O)c1cnc[nH]1. The topological polar surface area (TPSA) is 115 Å². The number of carbonyl (C=O) groups excluding carboxylic acids is 1. The van der Waals surface area contributed by atoms with E-state index >= 15 is 0 Å². The number of rotatable bonds is 5. The Kier molecular flexibility index (Phi) is 3.81. The lowest BCUT2D eigenvalue weighted by Crippen LogP contribution is -2.41. The van der Waals surface area contributed by atoms with E-state index in [1.165, 1.54) is 12.5 Å². The van der Waals surface area contributed by atoms with Crippen molar-refractivity contribution in [3.63, 3.8) is 0 Å². The number of aromatic nitrogens is 2. The molecule has 0 fully saturated rings. The molecule has 82 valence electrons. The van der Waals surface area contributed by atoms with Crippen LogP contribution in [0.5, 0.6) is 0 Å². The Balaban J connectivity index is 2.59. The van der Waals surface area contributed by atoms with Crippen LogP contribution >= 0.6 is 0 Å². The zero-order valence-electron chi connectivity index (χ0n) is 7.80. The molecule has 1 heterocycles. The quantitative estimate of drug-likeness (QED) is 0.499. The average molecular weight is 213 g/mol. The minimum atomic E-state index is -1.18. The lowest BCUT2D eigenvalue weighted by molar-refractivity contribution is -0.139.